The number of nitrogens with zero attached hydrogens (tertiary/aromatic N) is 1. The summed E-state index contributed by atoms with van der Waals surface area (Å²) in [7, 11) is 0. The molecule has 30 heavy (non-hydrogen) atoms. The van der Waals surface area contributed by atoms with Gasteiger partial charge in [-0.15, -0.1) is 0 Å². The van der Waals surface area contributed by atoms with E-state index in [4.69, 9.17) is 15.2 Å². The summed E-state index contributed by atoms with van der Waals surface area (Å²) in [6.45, 7) is 5.88. The molecule has 0 aromatic heterocycles. The smallest absolute Gasteiger partial charge is 0.310 e. The third-order valence-corrected chi connectivity index (χ3v) is 5.73. The van der Waals surface area contributed by atoms with E-state index >= 15 is 0 Å². The molecule has 0 bridgehead atoms. The Morgan fingerprint density at radius 1 is 1.23 bits per heavy atom. The molecular weight excluding hydrogens is 388 g/mol. The van der Waals surface area contributed by atoms with Gasteiger partial charge in [0.15, 0.2) is 11.7 Å². The highest BCUT2D eigenvalue weighted by Gasteiger charge is 2.53. The molecule has 2 amide bonds. The van der Waals surface area contributed by atoms with E-state index < -0.39 is 35.3 Å². The predicted octanol–water partition coefficient (Wildman–Crippen LogP) is 1.34. The number of fused-ring (bicyclic) bond motifs is 1. The van der Waals surface area contributed by atoms with Crippen LogP contribution in [-0.2, 0) is 41.7 Å². The summed E-state index contributed by atoms with van der Waals surface area (Å²) in [5.41, 5.74) is 5.85. The lowest BCUT2D eigenvalue weighted by Gasteiger charge is -2.27. The first-order chi connectivity index (χ1) is 14.1. The average molecular weight is 416 g/mol. The first-order valence-corrected chi connectivity index (χ1v) is 10.1. The maximum atomic E-state index is 12.9. The van der Waals surface area contributed by atoms with Gasteiger partial charge in [0.05, 0.1) is 5.92 Å². The number of hydrogen-bond donors (Lipinski definition) is 1. The van der Waals surface area contributed by atoms with E-state index in [1.54, 1.807) is 4.90 Å². The van der Waals surface area contributed by atoms with Gasteiger partial charge < -0.3 is 20.1 Å². The summed E-state index contributed by atoms with van der Waals surface area (Å²) >= 11 is 0. The Balaban J connectivity index is 1.69. The van der Waals surface area contributed by atoms with E-state index in [2.05, 4.69) is 0 Å². The summed E-state index contributed by atoms with van der Waals surface area (Å²) in [5, 5.41) is 0. The first kappa shape index (κ1) is 22.0. The minimum absolute atomic E-state index is 0.0277. The molecule has 2 aliphatic heterocycles. The Bertz CT molecular complexity index is 842. The number of hydrogen-bond acceptors (Lipinski definition) is 6. The number of carbonyl (C=O) groups excluding carboxylic acids is 4. The highest BCUT2D eigenvalue weighted by atomic mass is 16.6. The van der Waals surface area contributed by atoms with E-state index in [0.29, 0.717) is 19.5 Å². The molecule has 2 aliphatic rings. The third-order valence-electron chi connectivity index (χ3n) is 5.73. The van der Waals surface area contributed by atoms with Crippen LogP contribution in [0.3, 0.4) is 0 Å². The maximum Gasteiger partial charge on any atom is 0.310 e. The summed E-state index contributed by atoms with van der Waals surface area (Å²) in [6, 6.07) is 7.84. The molecule has 8 heteroatoms. The lowest BCUT2D eigenvalue weighted by Crippen LogP contribution is -2.52. The fraction of sp³-hybridized carbons (Fsp3) is 0.545. The van der Waals surface area contributed by atoms with Crippen LogP contribution in [0.5, 0.6) is 0 Å². The van der Waals surface area contributed by atoms with Crippen molar-refractivity contribution in [3.05, 3.63) is 35.4 Å². The molecule has 2 heterocycles. The van der Waals surface area contributed by atoms with Crippen LogP contribution in [0.25, 0.3) is 0 Å². The molecule has 3 atom stereocenters. The molecule has 0 spiro atoms. The van der Waals surface area contributed by atoms with E-state index in [-0.39, 0.29) is 24.9 Å². The Labute approximate surface area is 175 Å². The number of nitrogens with two attached hydrogens (primary N) is 1. The first-order valence-electron chi connectivity index (χ1n) is 10.1. The number of rotatable bonds is 7. The molecule has 0 radical (unpaired) electrons. The second-order valence-corrected chi connectivity index (χ2v) is 8.59. The number of primary amides is 1. The molecule has 3 rings (SSSR count). The molecule has 2 N–H and O–H groups in total. The second kappa shape index (κ2) is 8.55. The number of Topliss-reactive ketones (excluding diaryl/α,β-unsaturated/α-hetero) is 1. The topological polar surface area (TPSA) is 116 Å². The molecule has 162 valence electrons. The standard InChI is InChI=1S/C22H28N2O6/c1-13(2)8-16(9-18(26)24-10-14-6-4-5-7-15(14)11-24)20(27)30-19-17(25)12-29-22(19,3)21(23)28/h4-7,13,16,19H,8-12H2,1-3H3,(H2,23,28). The second-order valence-electron chi connectivity index (χ2n) is 8.59. The van der Waals surface area contributed by atoms with Crippen molar-refractivity contribution in [2.24, 2.45) is 17.6 Å². The van der Waals surface area contributed by atoms with Gasteiger partial charge in [-0.2, -0.15) is 0 Å². The van der Waals surface area contributed by atoms with Crippen LogP contribution in [0.2, 0.25) is 0 Å². The number of benzene rings is 1. The van der Waals surface area contributed by atoms with Crippen LogP contribution in [0.15, 0.2) is 24.3 Å². The molecule has 0 saturated carbocycles. The zero-order valence-corrected chi connectivity index (χ0v) is 17.6. The minimum atomic E-state index is -1.70. The molecule has 8 nitrogen and oxygen atoms in total. The summed E-state index contributed by atoms with van der Waals surface area (Å²) in [6.07, 6.45) is -1.01. The van der Waals surface area contributed by atoms with Gasteiger partial charge in [0, 0.05) is 19.5 Å². The van der Waals surface area contributed by atoms with E-state index in [1.165, 1.54) is 6.92 Å². The van der Waals surface area contributed by atoms with Crippen LogP contribution >= 0.6 is 0 Å². The molecular formula is C22H28N2O6. The minimum Gasteiger partial charge on any atom is -0.450 e. The molecule has 1 fully saturated rings. The lowest BCUT2D eigenvalue weighted by molar-refractivity contribution is -0.170. The SMILES string of the molecule is CC(C)CC(CC(=O)N1Cc2ccccc2C1)C(=O)OC1C(=O)COC1(C)C(N)=O. The van der Waals surface area contributed by atoms with Gasteiger partial charge in [-0.1, -0.05) is 38.1 Å². The van der Waals surface area contributed by atoms with Crippen molar-refractivity contribution >= 4 is 23.6 Å². The van der Waals surface area contributed by atoms with Gasteiger partial charge in [-0.05, 0) is 30.4 Å². The van der Waals surface area contributed by atoms with E-state index in [1.807, 2.05) is 38.1 Å². The summed E-state index contributed by atoms with van der Waals surface area (Å²) in [4.78, 5) is 51.4. The number of ketones is 1. The van der Waals surface area contributed by atoms with Crippen molar-refractivity contribution in [3.8, 4) is 0 Å². The number of ether oxygens (including phenoxy) is 2. The molecule has 1 aromatic carbocycles. The van der Waals surface area contributed by atoms with Crippen LogP contribution in [0, 0.1) is 11.8 Å². The van der Waals surface area contributed by atoms with Crippen molar-refractivity contribution in [1.29, 1.82) is 0 Å². The van der Waals surface area contributed by atoms with Gasteiger partial charge in [0.25, 0.3) is 5.91 Å². The maximum absolute atomic E-state index is 12.9. The van der Waals surface area contributed by atoms with Crippen LogP contribution in [-0.4, -0.2) is 46.8 Å². The number of carbonyl (C=O) groups is 4. The quantitative estimate of drug-likeness (QED) is 0.671. The Morgan fingerprint density at radius 3 is 2.37 bits per heavy atom. The monoisotopic (exact) mass is 416 g/mol. The zero-order valence-electron chi connectivity index (χ0n) is 17.6. The zero-order chi connectivity index (χ0) is 22.1. The number of amides is 2. The fourth-order valence-corrected chi connectivity index (χ4v) is 3.95. The fourth-order valence-electron chi connectivity index (χ4n) is 3.95. The van der Waals surface area contributed by atoms with Crippen molar-refractivity contribution < 1.29 is 28.7 Å². The molecule has 3 unspecified atom stereocenters. The Hall–Kier alpha value is -2.74. The average Bonchev–Trinajstić information content (AvgIpc) is 3.24. The van der Waals surface area contributed by atoms with Gasteiger partial charge in [0.1, 0.15) is 6.61 Å². The van der Waals surface area contributed by atoms with E-state index in [9.17, 15) is 19.2 Å². The van der Waals surface area contributed by atoms with E-state index in [0.717, 1.165) is 11.1 Å². The summed E-state index contributed by atoms with van der Waals surface area (Å²) < 4.78 is 10.6. The normalized spacial score (nSPS) is 24.1. The van der Waals surface area contributed by atoms with Crippen molar-refractivity contribution in [2.45, 2.75) is 58.4 Å². The van der Waals surface area contributed by atoms with Gasteiger partial charge in [-0.25, -0.2) is 0 Å². The Kier molecular flexibility index (Phi) is 6.26. The molecule has 1 aromatic rings. The Morgan fingerprint density at radius 2 is 1.83 bits per heavy atom. The van der Waals surface area contributed by atoms with Crippen LogP contribution < -0.4 is 5.73 Å². The van der Waals surface area contributed by atoms with Gasteiger partial charge in [0.2, 0.25) is 11.7 Å². The van der Waals surface area contributed by atoms with Crippen molar-refractivity contribution in [3.63, 3.8) is 0 Å². The van der Waals surface area contributed by atoms with Crippen molar-refractivity contribution in [2.75, 3.05) is 6.61 Å². The highest BCUT2D eigenvalue weighted by Crippen LogP contribution is 2.29. The van der Waals surface area contributed by atoms with Crippen molar-refractivity contribution in [1.82, 2.24) is 4.90 Å². The highest BCUT2D eigenvalue weighted by molar-refractivity contribution is 5.99. The lowest BCUT2D eigenvalue weighted by atomic mass is 9.92. The van der Waals surface area contributed by atoms with Gasteiger partial charge >= 0.3 is 5.97 Å². The predicted molar refractivity (Wildman–Crippen MR) is 107 cm³/mol. The largest absolute Gasteiger partial charge is 0.450 e. The third kappa shape index (κ3) is 4.38. The van der Waals surface area contributed by atoms with Crippen LogP contribution in [0.1, 0.15) is 44.7 Å². The summed E-state index contributed by atoms with van der Waals surface area (Å²) in [5.74, 6) is -2.84. The molecule has 1 saturated heterocycles. The number of esters is 1. The molecule has 0 aliphatic carbocycles. The van der Waals surface area contributed by atoms with Gasteiger partial charge in [-0.3, -0.25) is 19.2 Å². The van der Waals surface area contributed by atoms with Crippen LogP contribution in [0.4, 0.5) is 0 Å².